The van der Waals surface area contributed by atoms with Crippen molar-refractivity contribution in [2.24, 2.45) is 4.99 Å². The predicted octanol–water partition coefficient (Wildman–Crippen LogP) is 1.64. The lowest BCUT2D eigenvalue weighted by Crippen LogP contribution is -2.28. The van der Waals surface area contributed by atoms with Crippen LogP contribution in [-0.2, 0) is 4.79 Å². The van der Waals surface area contributed by atoms with Crippen molar-refractivity contribution >= 4 is 28.5 Å². The molecule has 19 heavy (non-hydrogen) atoms. The fourth-order valence-corrected chi connectivity index (χ4v) is 2.88. The van der Waals surface area contributed by atoms with Crippen molar-refractivity contribution in [3.05, 3.63) is 24.3 Å². The minimum Gasteiger partial charge on any atom is -0.497 e. The minimum atomic E-state index is -0.230. The molecule has 1 heterocycles. The summed E-state index contributed by atoms with van der Waals surface area (Å²) in [7, 11) is 3.31. The van der Waals surface area contributed by atoms with Crippen LogP contribution in [-0.4, -0.2) is 47.1 Å². The fourth-order valence-electron chi connectivity index (χ4n) is 1.74. The van der Waals surface area contributed by atoms with Crippen molar-refractivity contribution in [2.45, 2.75) is 11.7 Å². The topological polar surface area (TPSA) is 62.1 Å². The molecule has 6 heteroatoms. The number of rotatable bonds is 4. The van der Waals surface area contributed by atoms with Gasteiger partial charge in [0.1, 0.15) is 5.75 Å². The van der Waals surface area contributed by atoms with Crippen molar-refractivity contribution < 1.29 is 14.6 Å². The van der Waals surface area contributed by atoms with E-state index in [1.807, 2.05) is 24.3 Å². The maximum absolute atomic E-state index is 11.9. The molecular formula is C13H16N2O3S. The monoisotopic (exact) mass is 280 g/mol. The molecule has 0 saturated carbocycles. The highest BCUT2D eigenvalue weighted by molar-refractivity contribution is 8.15. The number of thioether (sulfide) groups is 1. The molecule has 1 aliphatic heterocycles. The molecule has 5 nitrogen and oxygen atoms in total. The molecule has 2 rings (SSSR count). The Labute approximate surface area is 116 Å². The van der Waals surface area contributed by atoms with Crippen LogP contribution >= 0.6 is 11.8 Å². The smallest absolute Gasteiger partial charge is 0.241 e. The van der Waals surface area contributed by atoms with Gasteiger partial charge in [0.05, 0.1) is 18.0 Å². The number of benzene rings is 1. The SMILES string of the molecule is COc1ccc(N=C2SC(CCO)C(=O)N2C)cc1. The van der Waals surface area contributed by atoms with Gasteiger partial charge in [-0.1, -0.05) is 11.8 Å². The number of carbonyl (C=O) groups is 1. The quantitative estimate of drug-likeness (QED) is 0.910. The largest absolute Gasteiger partial charge is 0.497 e. The van der Waals surface area contributed by atoms with E-state index in [4.69, 9.17) is 9.84 Å². The van der Waals surface area contributed by atoms with E-state index in [0.717, 1.165) is 11.4 Å². The van der Waals surface area contributed by atoms with Crippen LogP contribution in [0.25, 0.3) is 0 Å². The third-order valence-electron chi connectivity index (χ3n) is 2.83. The number of aliphatic hydroxyl groups is 1. The molecule has 0 aliphatic carbocycles. The summed E-state index contributed by atoms with van der Waals surface area (Å²) in [5, 5.41) is 9.36. The molecule has 1 aromatic rings. The second-order valence-electron chi connectivity index (χ2n) is 4.11. The van der Waals surface area contributed by atoms with Crippen LogP contribution < -0.4 is 4.74 Å². The summed E-state index contributed by atoms with van der Waals surface area (Å²) in [6.07, 6.45) is 0.454. The van der Waals surface area contributed by atoms with Crippen LogP contribution in [0.1, 0.15) is 6.42 Å². The number of nitrogens with zero attached hydrogens (tertiary/aromatic N) is 2. The van der Waals surface area contributed by atoms with Gasteiger partial charge in [-0.15, -0.1) is 0 Å². The van der Waals surface area contributed by atoms with E-state index in [1.165, 1.54) is 16.7 Å². The lowest BCUT2D eigenvalue weighted by molar-refractivity contribution is -0.125. The van der Waals surface area contributed by atoms with Crippen LogP contribution in [0.15, 0.2) is 29.3 Å². The van der Waals surface area contributed by atoms with E-state index < -0.39 is 0 Å². The number of hydrogen-bond acceptors (Lipinski definition) is 5. The van der Waals surface area contributed by atoms with E-state index in [9.17, 15) is 4.79 Å². The Balaban J connectivity index is 2.16. The number of methoxy groups -OCH3 is 1. The number of carbonyl (C=O) groups excluding carboxylic acids is 1. The molecular weight excluding hydrogens is 264 g/mol. The first kappa shape index (κ1) is 13.9. The molecule has 0 spiro atoms. The molecule has 1 aromatic carbocycles. The van der Waals surface area contributed by atoms with E-state index in [2.05, 4.69) is 4.99 Å². The first-order chi connectivity index (χ1) is 9.15. The van der Waals surface area contributed by atoms with Crippen LogP contribution in [0.3, 0.4) is 0 Å². The first-order valence-electron chi connectivity index (χ1n) is 5.93. The highest BCUT2D eigenvalue weighted by Gasteiger charge is 2.34. The summed E-state index contributed by atoms with van der Waals surface area (Å²) in [4.78, 5) is 17.9. The Morgan fingerprint density at radius 3 is 2.68 bits per heavy atom. The zero-order valence-electron chi connectivity index (χ0n) is 10.9. The molecule has 1 saturated heterocycles. The van der Waals surface area contributed by atoms with Crippen molar-refractivity contribution in [3.63, 3.8) is 0 Å². The van der Waals surface area contributed by atoms with Gasteiger partial charge in [-0.05, 0) is 30.7 Å². The average Bonchev–Trinajstić information content (AvgIpc) is 2.69. The van der Waals surface area contributed by atoms with Crippen LogP contribution in [0, 0.1) is 0 Å². The molecule has 1 atom stereocenters. The molecule has 1 unspecified atom stereocenters. The Morgan fingerprint density at radius 2 is 2.11 bits per heavy atom. The number of amides is 1. The van der Waals surface area contributed by atoms with Gasteiger partial charge in [-0.3, -0.25) is 9.69 Å². The van der Waals surface area contributed by atoms with Gasteiger partial charge in [0.2, 0.25) is 5.91 Å². The van der Waals surface area contributed by atoms with Crippen molar-refractivity contribution in [1.82, 2.24) is 4.90 Å². The normalized spacial score (nSPS) is 21.2. The van der Waals surface area contributed by atoms with Crippen molar-refractivity contribution in [3.8, 4) is 5.75 Å². The van der Waals surface area contributed by atoms with Gasteiger partial charge >= 0.3 is 0 Å². The zero-order chi connectivity index (χ0) is 13.8. The molecule has 102 valence electrons. The van der Waals surface area contributed by atoms with Gasteiger partial charge in [-0.2, -0.15) is 0 Å². The second-order valence-corrected chi connectivity index (χ2v) is 5.28. The molecule has 0 bridgehead atoms. The van der Waals surface area contributed by atoms with E-state index in [1.54, 1.807) is 14.2 Å². The summed E-state index contributed by atoms with van der Waals surface area (Å²) < 4.78 is 5.08. The summed E-state index contributed by atoms with van der Waals surface area (Å²) in [6, 6.07) is 7.33. The number of amidine groups is 1. The first-order valence-corrected chi connectivity index (χ1v) is 6.81. The van der Waals surface area contributed by atoms with Gasteiger partial charge in [-0.25, -0.2) is 4.99 Å². The Bertz CT molecular complexity index is 487. The molecule has 1 aliphatic rings. The highest BCUT2D eigenvalue weighted by Crippen LogP contribution is 2.30. The van der Waals surface area contributed by atoms with Gasteiger partial charge in [0.15, 0.2) is 5.17 Å². The molecule has 1 N–H and O–H groups in total. The van der Waals surface area contributed by atoms with E-state index in [-0.39, 0.29) is 17.8 Å². The molecule has 1 fully saturated rings. The number of aliphatic imine (C=N–C) groups is 1. The maximum Gasteiger partial charge on any atom is 0.241 e. The van der Waals surface area contributed by atoms with Crippen LogP contribution in [0.4, 0.5) is 5.69 Å². The Kier molecular flexibility index (Phi) is 4.44. The Hall–Kier alpha value is -1.53. The maximum atomic E-state index is 11.9. The molecule has 0 radical (unpaired) electrons. The van der Waals surface area contributed by atoms with Crippen molar-refractivity contribution in [2.75, 3.05) is 20.8 Å². The zero-order valence-corrected chi connectivity index (χ0v) is 11.7. The average molecular weight is 280 g/mol. The molecule has 0 aromatic heterocycles. The van der Waals surface area contributed by atoms with E-state index >= 15 is 0 Å². The predicted molar refractivity (Wildman–Crippen MR) is 75.9 cm³/mol. The summed E-state index contributed by atoms with van der Waals surface area (Å²) in [6.45, 7) is 0.00701. The number of hydrogen-bond donors (Lipinski definition) is 1. The Morgan fingerprint density at radius 1 is 1.42 bits per heavy atom. The lowest BCUT2D eigenvalue weighted by Gasteiger charge is -2.08. The number of ether oxygens (including phenoxy) is 1. The fraction of sp³-hybridized carbons (Fsp3) is 0.385. The second kappa shape index (κ2) is 6.08. The third-order valence-corrected chi connectivity index (χ3v) is 4.13. The van der Waals surface area contributed by atoms with Gasteiger partial charge < -0.3 is 9.84 Å². The van der Waals surface area contributed by atoms with Crippen LogP contribution in [0.2, 0.25) is 0 Å². The standard InChI is InChI=1S/C13H16N2O3S/c1-15-12(17)11(7-8-16)19-13(15)14-9-3-5-10(18-2)6-4-9/h3-6,11,16H,7-8H2,1-2H3. The summed E-state index contributed by atoms with van der Waals surface area (Å²) in [5.41, 5.74) is 0.771. The third kappa shape index (κ3) is 3.08. The van der Waals surface area contributed by atoms with Gasteiger partial charge in [0, 0.05) is 13.7 Å². The summed E-state index contributed by atoms with van der Waals surface area (Å²) in [5.74, 6) is 0.761. The highest BCUT2D eigenvalue weighted by atomic mass is 32.2. The minimum absolute atomic E-state index is 0.00701. The van der Waals surface area contributed by atoms with Crippen LogP contribution in [0.5, 0.6) is 5.75 Å². The van der Waals surface area contributed by atoms with Gasteiger partial charge in [0.25, 0.3) is 0 Å². The van der Waals surface area contributed by atoms with E-state index in [0.29, 0.717) is 11.6 Å². The van der Waals surface area contributed by atoms with Crippen molar-refractivity contribution in [1.29, 1.82) is 0 Å². The number of aliphatic hydroxyl groups excluding tert-OH is 1. The summed E-state index contributed by atoms with van der Waals surface area (Å²) >= 11 is 1.39. The lowest BCUT2D eigenvalue weighted by atomic mass is 10.3. The molecule has 1 amide bonds.